The third kappa shape index (κ3) is 3.47. The molecule has 0 bridgehead atoms. The molecule has 4 nitrogen and oxygen atoms in total. The predicted molar refractivity (Wildman–Crippen MR) is 93.2 cm³/mol. The van der Waals surface area contributed by atoms with Crippen molar-refractivity contribution in [3.63, 3.8) is 0 Å². The lowest BCUT2D eigenvalue weighted by atomic mass is 10.2. The third-order valence-corrected chi connectivity index (χ3v) is 5.19. The third-order valence-electron chi connectivity index (χ3n) is 3.98. The number of aliphatic imine (C=N–C) groups is 1. The molecule has 0 amide bonds. The Hall–Kier alpha value is -1.88. The highest BCUT2D eigenvalue weighted by Gasteiger charge is 2.33. The van der Waals surface area contributed by atoms with E-state index < -0.39 is 0 Å². The summed E-state index contributed by atoms with van der Waals surface area (Å²) in [5, 5.41) is 7.91. The molecule has 2 unspecified atom stereocenters. The van der Waals surface area contributed by atoms with Gasteiger partial charge in [-0.25, -0.2) is 4.98 Å². The van der Waals surface area contributed by atoms with Crippen LogP contribution in [-0.2, 0) is 6.54 Å². The summed E-state index contributed by atoms with van der Waals surface area (Å²) in [4.78, 5) is 10.2. The van der Waals surface area contributed by atoms with Crippen LogP contribution in [0.25, 0.3) is 10.6 Å². The molecule has 3 rings (SSSR count). The molecule has 0 aliphatic heterocycles. The summed E-state index contributed by atoms with van der Waals surface area (Å²) in [6, 6.07) is 10.9. The van der Waals surface area contributed by atoms with Gasteiger partial charge in [-0.2, -0.15) is 0 Å². The minimum atomic E-state index is 0.577. The number of benzene rings is 1. The first kappa shape index (κ1) is 15.0. The Bertz CT molecular complexity index is 663. The van der Waals surface area contributed by atoms with Crippen molar-refractivity contribution in [2.24, 2.45) is 10.9 Å². The number of rotatable bonds is 4. The maximum atomic E-state index is 4.69. The number of nitrogens with zero attached hydrogens (tertiary/aromatic N) is 2. The number of nitrogens with one attached hydrogen (secondary N) is 2. The largest absolute Gasteiger partial charge is 0.353 e. The standard InChI is InChI=1S/C17H22N4S/c1-11-9-14(11)21-17(18-3)19-10-15-12(2)20-16(22-15)13-7-5-4-6-8-13/h4-8,11,14H,9-10H2,1-3H3,(H2,18,19,21). The molecule has 22 heavy (non-hydrogen) atoms. The molecule has 1 aliphatic rings. The van der Waals surface area contributed by atoms with Crippen LogP contribution < -0.4 is 10.6 Å². The van der Waals surface area contributed by atoms with Gasteiger partial charge in [-0.05, 0) is 19.3 Å². The molecule has 1 saturated carbocycles. The van der Waals surface area contributed by atoms with E-state index in [2.05, 4.69) is 46.6 Å². The maximum Gasteiger partial charge on any atom is 0.191 e. The van der Waals surface area contributed by atoms with E-state index in [1.165, 1.54) is 16.9 Å². The highest BCUT2D eigenvalue weighted by molar-refractivity contribution is 7.15. The molecule has 5 heteroatoms. The number of hydrogen-bond acceptors (Lipinski definition) is 3. The van der Waals surface area contributed by atoms with Crippen LogP contribution in [0.3, 0.4) is 0 Å². The number of guanidine groups is 1. The summed E-state index contributed by atoms with van der Waals surface area (Å²) in [6.45, 7) is 5.08. The van der Waals surface area contributed by atoms with Gasteiger partial charge >= 0.3 is 0 Å². The van der Waals surface area contributed by atoms with E-state index in [9.17, 15) is 0 Å². The number of aromatic nitrogens is 1. The Labute approximate surface area is 135 Å². The Morgan fingerprint density at radius 3 is 2.73 bits per heavy atom. The van der Waals surface area contributed by atoms with Crippen LogP contribution in [0.15, 0.2) is 35.3 Å². The van der Waals surface area contributed by atoms with Crippen LogP contribution in [0.5, 0.6) is 0 Å². The highest BCUT2D eigenvalue weighted by atomic mass is 32.1. The molecule has 1 aromatic heterocycles. The van der Waals surface area contributed by atoms with Crippen LogP contribution in [0.4, 0.5) is 0 Å². The zero-order chi connectivity index (χ0) is 15.5. The van der Waals surface area contributed by atoms with E-state index in [0.29, 0.717) is 6.04 Å². The molecule has 1 fully saturated rings. The fraction of sp³-hybridized carbons (Fsp3) is 0.412. The minimum absolute atomic E-state index is 0.577. The first-order valence-electron chi connectivity index (χ1n) is 7.66. The molecule has 1 aromatic carbocycles. The summed E-state index contributed by atoms with van der Waals surface area (Å²) in [5.41, 5.74) is 2.27. The van der Waals surface area contributed by atoms with Gasteiger partial charge in [-0.1, -0.05) is 37.3 Å². The molecular weight excluding hydrogens is 292 g/mol. The number of thiazole rings is 1. The lowest BCUT2D eigenvalue weighted by Crippen LogP contribution is -2.38. The molecule has 2 aromatic rings. The monoisotopic (exact) mass is 314 g/mol. The van der Waals surface area contributed by atoms with Crippen molar-refractivity contribution < 1.29 is 0 Å². The zero-order valence-corrected chi connectivity index (χ0v) is 14.1. The Morgan fingerprint density at radius 2 is 2.09 bits per heavy atom. The van der Waals surface area contributed by atoms with Crippen molar-refractivity contribution in [2.75, 3.05) is 7.05 Å². The van der Waals surface area contributed by atoms with Gasteiger partial charge in [0.2, 0.25) is 0 Å². The number of aryl methyl sites for hydroxylation is 1. The molecule has 2 N–H and O–H groups in total. The molecule has 116 valence electrons. The van der Waals surface area contributed by atoms with Crippen molar-refractivity contribution in [3.05, 3.63) is 40.9 Å². The number of hydrogen-bond donors (Lipinski definition) is 2. The van der Waals surface area contributed by atoms with Crippen molar-refractivity contribution in [1.82, 2.24) is 15.6 Å². The average Bonchev–Trinajstić information content (AvgIpc) is 3.10. The van der Waals surface area contributed by atoms with Crippen molar-refractivity contribution in [3.8, 4) is 10.6 Å². The Balaban J connectivity index is 1.64. The van der Waals surface area contributed by atoms with Gasteiger partial charge in [0.15, 0.2) is 5.96 Å². The van der Waals surface area contributed by atoms with Gasteiger partial charge in [0.05, 0.1) is 12.2 Å². The van der Waals surface area contributed by atoms with Crippen molar-refractivity contribution in [1.29, 1.82) is 0 Å². The van der Waals surface area contributed by atoms with Crippen molar-refractivity contribution >= 4 is 17.3 Å². The van der Waals surface area contributed by atoms with Gasteiger partial charge in [0.25, 0.3) is 0 Å². The fourth-order valence-electron chi connectivity index (χ4n) is 2.35. The summed E-state index contributed by atoms with van der Waals surface area (Å²) in [6.07, 6.45) is 1.23. The zero-order valence-electron chi connectivity index (χ0n) is 13.3. The van der Waals surface area contributed by atoms with Gasteiger partial charge < -0.3 is 10.6 Å². The van der Waals surface area contributed by atoms with E-state index in [-0.39, 0.29) is 0 Å². The summed E-state index contributed by atoms with van der Waals surface area (Å²) in [5.74, 6) is 1.64. The lowest BCUT2D eigenvalue weighted by Gasteiger charge is -2.10. The van der Waals surface area contributed by atoms with E-state index >= 15 is 0 Å². The summed E-state index contributed by atoms with van der Waals surface area (Å²) >= 11 is 1.74. The molecule has 2 atom stereocenters. The molecule has 1 aliphatic carbocycles. The second-order valence-corrected chi connectivity index (χ2v) is 6.87. The van der Waals surface area contributed by atoms with E-state index in [1.807, 2.05) is 25.2 Å². The Kier molecular flexibility index (Phi) is 4.43. The minimum Gasteiger partial charge on any atom is -0.353 e. The average molecular weight is 314 g/mol. The van der Waals surface area contributed by atoms with Crippen LogP contribution in [0.1, 0.15) is 23.9 Å². The smallest absolute Gasteiger partial charge is 0.191 e. The normalized spacial score (nSPS) is 20.8. The van der Waals surface area contributed by atoms with Gasteiger partial charge in [0, 0.05) is 23.5 Å². The molecule has 0 radical (unpaired) electrons. The quantitative estimate of drug-likeness (QED) is 0.673. The van der Waals surface area contributed by atoms with E-state index in [1.54, 1.807) is 11.3 Å². The fourth-order valence-corrected chi connectivity index (χ4v) is 3.36. The Morgan fingerprint density at radius 1 is 1.36 bits per heavy atom. The van der Waals surface area contributed by atoms with Crippen LogP contribution in [-0.4, -0.2) is 24.0 Å². The van der Waals surface area contributed by atoms with E-state index in [4.69, 9.17) is 0 Å². The van der Waals surface area contributed by atoms with Gasteiger partial charge in [-0.15, -0.1) is 11.3 Å². The topological polar surface area (TPSA) is 49.3 Å². The van der Waals surface area contributed by atoms with Gasteiger partial charge in [-0.3, -0.25) is 4.99 Å². The maximum absolute atomic E-state index is 4.69. The molecular formula is C17H22N4S. The van der Waals surface area contributed by atoms with Gasteiger partial charge in [0.1, 0.15) is 5.01 Å². The summed E-state index contributed by atoms with van der Waals surface area (Å²) in [7, 11) is 1.82. The van der Waals surface area contributed by atoms with Crippen molar-refractivity contribution in [2.45, 2.75) is 32.9 Å². The van der Waals surface area contributed by atoms with E-state index in [0.717, 1.165) is 29.1 Å². The van der Waals surface area contributed by atoms with Crippen LogP contribution in [0.2, 0.25) is 0 Å². The highest BCUT2D eigenvalue weighted by Crippen LogP contribution is 2.29. The van der Waals surface area contributed by atoms with Crippen LogP contribution in [0, 0.1) is 12.8 Å². The second-order valence-electron chi connectivity index (χ2n) is 5.78. The lowest BCUT2D eigenvalue weighted by molar-refractivity contribution is 0.765. The summed E-state index contributed by atoms with van der Waals surface area (Å²) < 4.78 is 0. The molecule has 0 spiro atoms. The van der Waals surface area contributed by atoms with Crippen LogP contribution >= 0.6 is 11.3 Å². The predicted octanol–water partition coefficient (Wildman–Crippen LogP) is 3.19. The SMILES string of the molecule is CN=C(NCc1sc(-c2ccccc2)nc1C)NC1CC1C. The molecule has 1 heterocycles. The molecule has 0 saturated heterocycles. The first-order chi connectivity index (χ1) is 10.7. The second kappa shape index (κ2) is 6.48. The first-order valence-corrected chi connectivity index (χ1v) is 8.48.